The summed E-state index contributed by atoms with van der Waals surface area (Å²) in [4.78, 5) is 11.9. The fraction of sp³-hybridized carbons (Fsp3) is 0.571. The molecule has 1 aromatic carbocycles. The molecule has 140 valence electrons. The minimum Gasteiger partial charge on any atom is -0.497 e. The van der Waals surface area contributed by atoms with Crippen molar-refractivity contribution >= 4 is 23.6 Å². The Labute approximate surface area is 157 Å². The van der Waals surface area contributed by atoms with Crippen LogP contribution in [0.15, 0.2) is 30.3 Å². The monoisotopic (exact) mass is 366 g/mol. The number of esters is 1. The lowest BCUT2D eigenvalue weighted by atomic mass is 10.1. The van der Waals surface area contributed by atoms with Crippen molar-refractivity contribution in [2.75, 3.05) is 13.0 Å². The SMILES string of the molecule is CCCCCCCCCC(=O)O[C@@H](/C=C/c1ccc(OC)cc1)CCl. The van der Waals surface area contributed by atoms with E-state index in [9.17, 15) is 4.79 Å². The molecule has 0 amide bonds. The highest BCUT2D eigenvalue weighted by atomic mass is 35.5. The van der Waals surface area contributed by atoms with Crippen LogP contribution in [-0.4, -0.2) is 25.1 Å². The highest BCUT2D eigenvalue weighted by molar-refractivity contribution is 6.18. The number of carbonyl (C=O) groups excluding carboxylic acids is 1. The van der Waals surface area contributed by atoms with Crippen LogP contribution >= 0.6 is 11.6 Å². The summed E-state index contributed by atoms with van der Waals surface area (Å²) in [5.41, 5.74) is 1.01. The van der Waals surface area contributed by atoms with E-state index in [1.54, 1.807) is 7.11 Å². The second-order valence-corrected chi connectivity index (χ2v) is 6.49. The van der Waals surface area contributed by atoms with Crippen LogP contribution in [0.25, 0.3) is 6.08 Å². The number of rotatable bonds is 13. The van der Waals surface area contributed by atoms with Gasteiger partial charge in [-0.15, -0.1) is 11.6 Å². The van der Waals surface area contributed by atoms with Gasteiger partial charge in [0, 0.05) is 6.42 Å². The molecule has 25 heavy (non-hydrogen) atoms. The molecule has 3 nitrogen and oxygen atoms in total. The maximum Gasteiger partial charge on any atom is 0.306 e. The Hall–Kier alpha value is -1.48. The first-order valence-electron chi connectivity index (χ1n) is 9.27. The van der Waals surface area contributed by atoms with E-state index < -0.39 is 0 Å². The summed E-state index contributed by atoms with van der Waals surface area (Å²) in [5.74, 6) is 0.904. The number of unbranched alkanes of at least 4 members (excludes halogenated alkanes) is 6. The first-order valence-corrected chi connectivity index (χ1v) is 9.80. The summed E-state index contributed by atoms with van der Waals surface area (Å²) >= 11 is 5.91. The number of ether oxygens (including phenoxy) is 2. The molecule has 0 saturated carbocycles. The van der Waals surface area contributed by atoms with Gasteiger partial charge in [0.05, 0.1) is 13.0 Å². The third kappa shape index (κ3) is 10.2. The Kier molecular flexibility index (Phi) is 11.9. The number of hydrogen-bond acceptors (Lipinski definition) is 3. The van der Waals surface area contributed by atoms with E-state index in [0.717, 1.165) is 24.2 Å². The molecule has 0 fully saturated rings. The number of carbonyl (C=O) groups is 1. The van der Waals surface area contributed by atoms with Gasteiger partial charge in [0.2, 0.25) is 0 Å². The smallest absolute Gasteiger partial charge is 0.306 e. The van der Waals surface area contributed by atoms with Crippen LogP contribution in [0.3, 0.4) is 0 Å². The number of hydrogen-bond donors (Lipinski definition) is 0. The highest BCUT2D eigenvalue weighted by Gasteiger charge is 2.10. The molecule has 0 unspecified atom stereocenters. The zero-order chi connectivity index (χ0) is 18.3. The molecule has 0 heterocycles. The van der Waals surface area contributed by atoms with Crippen molar-refractivity contribution in [2.45, 2.75) is 64.4 Å². The first-order chi connectivity index (χ1) is 12.2. The lowest BCUT2D eigenvalue weighted by molar-refractivity contribution is -0.146. The number of halogens is 1. The average molecular weight is 367 g/mol. The first kappa shape index (κ1) is 21.6. The predicted octanol–water partition coefficient (Wildman–Crippen LogP) is 6.00. The lowest BCUT2D eigenvalue weighted by Gasteiger charge is -2.11. The van der Waals surface area contributed by atoms with E-state index in [2.05, 4.69) is 6.92 Å². The summed E-state index contributed by atoms with van der Waals surface area (Å²) in [6.07, 6.45) is 12.1. The van der Waals surface area contributed by atoms with E-state index in [1.807, 2.05) is 36.4 Å². The fourth-order valence-corrected chi connectivity index (χ4v) is 2.68. The van der Waals surface area contributed by atoms with Crippen molar-refractivity contribution < 1.29 is 14.3 Å². The lowest BCUT2D eigenvalue weighted by Crippen LogP contribution is -2.17. The van der Waals surface area contributed by atoms with E-state index in [-0.39, 0.29) is 18.0 Å². The van der Waals surface area contributed by atoms with Gasteiger partial charge in [-0.25, -0.2) is 0 Å². The normalized spacial score (nSPS) is 12.3. The van der Waals surface area contributed by atoms with E-state index in [0.29, 0.717) is 6.42 Å². The number of benzene rings is 1. The third-order valence-corrected chi connectivity index (χ3v) is 4.34. The fourth-order valence-electron chi connectivity index (χ4n) is 2.51. The summed E-state index contributed by atoms with van der Waals surface area (Å²) in [6.45, 7) is 2.21. The Balaban J connectivity index is 2.27. The van der Waals surface area contributed by atoms with Gasteiger partial charge in [-0.2, -0.15) is 0 Å². The van der Waals surface area contributed by atoms with E-state index in [4.69, 9.17) is 21.1 Å². The van der Waals surface area contributed by atoms with Crippen LogP contribution in [0.4, 0.5) is 0 Å². The molecular formula is C21H31ClO3. The Bertz CT molecular complexity index is 496. The second kappa shape index (κ2) is 13.8. The zero-order valence-corrected chi connectivity index (χ0v) is 16.3. The molecule has 1 rings (SSSR count). The molecule has 0 spiro atoms. The van der Waals surface area contributed by atoms with Gasteiger partial charge < -0.3 is 9.47 Å². The van der Waals surface area contributed by atoms with Crippen molar-refractivity contribution in [1.82, 2.24) is 0 Å². The molecule has 1 atom stereocenters. The van der Waals surface area contributed by atoms with E-state index in [1.165, 1.54) is 32.1 Å². The molecule has 0 aliphatic heterocycles. The summed E-state index contributed by atoms with van der Waals surface area (Å²) in [7, 11) is 1.64. The Morgan fingerprint density at radius 2 is 1.72 bits per heavy atom. The minimum atomic E-state index is -0.388. The van der Waals surface area contributed by atoms with Crippen molar-refractivity contribution in [3.05, 3.63) is 35.9 Å². The van der Waals surface area contributed by atoms with Gasteiger partial charge in [-0.3, -0.25) is 4.79 Å². The molecule has 4 heteroatoms. The second-order valence-electron chi connectivity index (χ2n) is 6.19. The highest BCUT2D eigenvalue weighted by Crippen LogP contribution is 2.14. The number of methoxy groups -OCH3 is 1. The molecule has 0 N–H and O–H groups in total. The molecule has 0 aromatic heterocycles. The van der Waals surface area contributed by atoms with Crippen LogP contribution in [-0.2, 0) is 9.53 Å². The van der Waals surface area contributed by atoms with Gasteiger partial charge in [-0.1, -0.05) is 63.7 Å². The molecule has 0 radical (unpaired) electrons. The third-order valence-electron chi connectivity index (χ3n) is 4.04. The molecule has 0 aliphatic carbocycles. The van der Waals surface area contributed by atoms with Crippen molar-refractivity contribution in [3.63, 3.8) is 0 Å². The van der Waals surface area contributed by atoms with E-state index >= 15 is 0 Å². The summed E-state index contributed by atoms with van der Waals surface area (Å²) in [6, 6.07) is 7.67. The van der Waals surface area contributed by atoms with Gasteiger partial charge in [-0.05, 0) is 30.2 Å². The topological polar surface area (TPSA) is 35.5 Å². The molecule has 0 bridgehead atoms. The van der Waals surface area contributed by atoms with Gasteiger partial charge >= 0.3 is 5.97 Å². The van der Waals surface area contributed by atoms with Crippen molar-refractivity contribution in [3.8, 4) is 5.75 Å². The number of alkyl halides is 1. The Morgan fingerprint density at radius 3 is 2.32 bits per heavy atom. The van der Waals surface area contributed by atoms with Crippen LogP contribution in [0, 0.1) is 0 Å². The maximum atomic E-state index is 11.9. The molecular weight excluding hydrogens is 336 g/mol. The van der Waals surface area contributed by atoms with Crippen LogP contribution in [0.5, 0.6) is 5.75 Å². The predicted molar refractivity (Wildman–Crippen MR) is 105 cm³/mol. The standard InChI is InChI=1S/C21H31ClO3/c1-3-4-5-6-7-8-9-10-21(23)25-20(17-22)16-13-18-11-14-19(24-2)15-12-18/h11-16,20H,3-10,17H2,1-2H3/b16-13+/t20-/m0/s1. The van der Waals surface area contributed by atoms with Crippen LogP contribution in [0.2, 0.25) is 0 Å². The van der Waals surface area contributed by atoms with Gasteiger partial charge in [0.25, 0.3) is 0 Å². The average Bonchev–Trinajstić information content (AvgIpc) is 2.64. The van der Waals surface area contributed by atoms with Crippen molar-refractivity contribution in [1.29, 1.82) is 0 Å². The molecule has 0 aliphatic rings. The van der Waals surface area contributed by atoms with Gasteiger partial charge in [0.15, 0.2) is 0 Å². The van der Waals surface area contributed by atoms with Gasteiger partial charge in [0.1, 0.15) is 11.9 Å². The largest absolute Gasteiger partial charge is 0.497 e. The summed E-state index contributed by atoms with van der Waals surface area (Å²) < 4.78 is 10.6. The van der Waals surface area contributed by atoms with Crippen LogP contribution < -0.4 is 4.74 Å². The quantitative estimate of drug-likeness (QED) is 0.244. The van der Waals surface area contributed by atoms with Crippen LogP contribution in [0.1, 0.15) is 63.9 Å². The summed E-state index contributed by atoms with van der Waals surface area (Å²) in [5, 5.41) is 0. The molecule has 1 aromatic rings. The van der Waals surface area contributed by atoms with Crippen molar-refractivity contribution in [2.24, 2.45) is 0 Å². The Morgan fingerprint density at radius 1 is 1.08 bits per heavy atom. The minimum absolute atomic E-state index is 0.168. The maximum absolute atomic E-state index is 11.9. The zero-order valence-electron chi connectivity index (χ0n) is 15.5. The molecule has 0 saturated heterocycles.